The van der Waals surface area contributed by atoms with Gasteiger partial charge in [0.2, 0.25) is 5.91 Å². The first-order chi connectivity index (χ1) is 12.1. The molecule has 4 rings (SSSR count). The molecule has 25 heavy (non-hydrogen) atoms. The van der Waals surface area contributed by atoms with Crippen molar-refractivity contribution >= 4 is 17.6 Å². The molecule has 0 radical (unpaired) electrons. The number of hydrogen-bond donors (Lipinski definition) is 2. The van der Waals surface area contributed by atoms with Crippen molar-refractivity contribution in [3.63, 3.8) is 0 Å². The number of hydrogen-bond acceptors (Lipinski definition) is 6. The van der Waals surface area contributed by atoms with Gasteiger partial charge in [0.1, 0.15) is 6.10 Å². The Hall–Kier alpha value is -2.06. The molecule has 1 aliphatic carbocycles. The van der Waals surface area contributed by atoms with Gasteiger partial charge in [0.15, 0.2) is 5.82 Å². The molecule has 8 nitrogen and oxygen atoms in total. The molecule has 1 saturated carbocycles. The number of likely N-dealkylation sites (tertiary alicyclic amines) is 1. The number of nitrogens with one attached hydrogen (secondary N) is 1. The molecule has 2 saturated heterocycles. The fourth-order valence-corrected chi connectivity index (χ4v) is 3.92. The Morgan fingerprint density at radius 3 is 2.84 bits per heavy atom. The summed E-state index contributed by atoms with van der Waals surface area (Å²) in [6.07, 6.45) is 6.26. The highest BCUT2D eigenvalue weighted by molar-refractivity contribution is 5.93. The topological polar surface area (TPSA) is 105 Å². The Kier molecular flexibility index (Phi) is 4.39. The number of nitrogens with zero attached hydrogens (tertiary/aromatic N) is 3. The third-order valence-corrected chi connectivity index (χ3v) is 5.43. The molecule has 8 heteroatoms. The van der Waals surface area contributed by atoms with Gasteiger partial charge in [-0.3, -0.25) is 14.6 Å². The summed E-state index contributed by atoms with van der Waals surface area (Å²) in [5.41, 5.74) is 0. The molecule has 2 amide bonds. The van der Waals surface area contributed by atoms with Crippen molar-refractivity contribution in [3.05, 3.63) is 18.6 Å². The molecule has 0 aromatic carbocycles. The Bertz CT molecular complexity index is 649. The number of carbonyl (C=O) groups is 2. The first-order valence-corrected chi connectivity index (χ1v) is 8.79. The molecule has 1 aromatic rings. The van der Waals surface area contributed by atoms with E-state index in [0.29, 0.717) is 44.1 Å². The number of aromatic nitrogens is 2. The highest BCUT2D eigenvalue weighted by atomic mass is 16.5. The summed E-state index contributed by atoms with van der Waals surface area (Å²) in [4.78, 5) is 34.6. The average molecular weight is 346 g/mol. The molecule has 3 aliphatic rings. The largest absolute Gasteiger partial charge is 0.393 e. The molecule has 3 heterocycles. The van der Waals surface area contributed by atoms with E-state index >= 15 is 0 Å². The van der Waals surface area contributed by atoms with Crippen LogP contribution >= 0.6 is 0 Å². The smallest absolute Gasteiger partial charge is 0.254 e. The third kappa shape index (κ3) is 3.36. The van der Waals surface area contributed by atoms with Crippen LogP contribution in [0.1, 0.15) is 25.7 Å². The van der Waals surface area contributed by atoms with Gasteiger partial charge in [0.25, 0.3) is 5.91 Å². The van der Waals surface area contributed by atoms with Crippen molar-refractivity contribution in [2.75, 3.05) is 18.4 Å². The standard InChI is InChI=1S/C17H22N4O4/c22-12-5-11(6-12)17(24)21-4-1-10-7-13(25-14(10)9-21)16(23)20-15-8-18-2-3-19-15/h2-3,8,10-14,22H,1,4-7,9H2,(H,19,20,23)/t10-,11?,12?,13+,14+/m1/s1. The Morgan fingerprint density at radius 2 is 2.12 bits per heavy atom. The highest BCUT2D eigenvalue weighted by Gasteiger charge is 2.44. The first-order valence-electron chi connectivity index (χ1n) is 8.79. The van der Waals surface area contributed by atoms with Gasteiger partial charge in [-0.1, -0.05) is 0 Å². The van der Waals surface area contributed by atoms with E-state index in [9.17, 15) is 14.7 Å². The normalized spacial score (nSPS) is 34.1. The average Bonchev–Trinajstić information content (AvgIpc) is 3.02. The van der Waals surface area contributed by atoms with E-state index in [1.165, 1.54) is 12.4 Å². The molecule has 0 unspecified atom stereocenters. The fourth-order valence-electron chi connectivity index (χ4n) is 3.92. The number of rotatable bonds is 3. The van der Waals surface area contributed by atoms with E-state index in [1.807, 2.05) is 4.90 Å². The maximum Gasteiger partial charge on any atom is 0.254 e. The lowest BCUT2D eigenvalue weighted by molar-refractivity contribution is -0.147. The van der Waals surface area contributed by atoms with Gasteiger partial charge < -0.3 is 20.1 Å². The van der Waals surface area contributed by atoms with E-state index in [0.717, 1.165) is 6.42 Å². The molecule has 3 atom stereocenters. The van der Waals surface area contributed by atoms with Gasteiger partial charge in [-0.05, 0) is 31.6 Å². The van der Waals surface area contributed by atoms with Gasteiger partial charge in [-0.25, -0.2) is 4.98 Å². The minimum Gasteiger partial charge on any atom is -0.393 e. The van der Waals surface area contributed by atoms with Crippen LogP contribution in [0.5, 0.6) is 0 Å². The second kappa shape index (κ2) is 6.68. The molecule has 1 aromatic heterocycles. The van der Waals surface area contributed by atoms with Crippen molar-refractivity contribution in [2.45, 2.75) is 44.0 Å². The van der Waals surface area contributed by atoms with E-state index in [4.69, 9.17) is 4.74 Å². The Morgan fingerprint density at radius 1 is 1.28 bits per heavy atom. The van der Waals surface area contributed by atoms with Crippen LogP contribution in [0.25, 0.3) is 0 Å². The summed E-state index contributed by atoms with van der Waals surface area (Å²) in [5.74, 6) is 0.554. The summed E-state index contributed by atoms with van der Waals surface area (Å²) >= 11 is 0. The van der Waals surface area contributed by atoms with E-state index in [2.05, 4.69) is 15.3 Å². The van der Waals surface area contributed by atoms with Gasteiger partial charge in [-0.15, -0.1) is 0 Å². The number of carbonyl (C=O) groups excluding carboxylic acids is 2. The molecular weight excluding hydrogens is 324 g/mol. The van der Waals surface area contributed by atoms with Crippen LogP contribution in [0.2, 0.25) is 0 Å². The third-order valence-electron chi connectivity index (χ3n) is 5.43. The predicted octanol–water partition coefficient (Wildman–Crippen LogP) is 0.192. The highest BCUT2D eigenvalue weighted by Crippen LogP contribution is 2.36. The number of aliphatic hydroxyl groups is 1. The fraction of sp³-hybridized carbons (Fsp3) is 0.647. The lowest BCUT2D eigenvalue weighted by Gasteiger charge is -2.39. The number of piperidine rings is 1. The van der Waals surface area contributed by atoms with Crippen LogP contribution in [0, 0.1) is 11.8 Å². The van der Waals surface area contributed by atoms with Crippen molar-refractivity contribution in [1.29, 1.82) is 0 Å². The van der Waals surface area contributed by atoms with E-state index < -0.39 is 6.10 Å². The van der Waals surface area contributed by atoms with E-state index in [1.54, 1.807) is 6.20 Å². The first kappa shape index (κ1) is 16.4. The van der Waals surface area contributed by atoms with Gasteiger partial charge in [0, 0.05) is 31.4 Å². The minimum atomic E-state index is -0.516. The summed E-state index contributed by atoms with van der Waals surface area (Å²) in [6.45, 7) is 1.24. The molecule has 3 fully saturated rings. The second-order valence-corrected chi connectivity index (χ2v) is 7.13. The maximum absolute atomic E-state index is 12.4. The van der Waals surface area contributed by atoms with Crippen molar-refractivity contribution < 1.29 is 19.4 Å². The van der Waals surface area contributed by atoms with Crippen LogP contribution in [-0.2, 0) is 14.3 Å². The minimum absolute atomic E-state index is 0.0521. The monoisotopic (exact) mass is 346 g/mol. The lowest BCUT2D eigenvalue weighted by Crippen LogP contribution is -2.50. The number of aliphatic hydroxyl groups excluding tert-OH is 1. The van der Waals surface area contributed by atoms with Crippen LogP contribution in [0.15, 0.2) is 18.6 Å². The van der Waals surface area contributed by atoms with Crippen LogP contribution in [0.4, 0.5) is 5.82 Å². The molecule has 0 spiro atoms. The summed E-state index contributed by atoms with van der Waals surface area (Å²) in [6, 6.07) is 0. The number of amides is 2. The zero-order valence-electron chi connectivity index (χ0n) is 13.9. The Labute approximate surface area is 145 Å². The van der Waals surface area contributed by atoms with Gasteiger partial charge in [0.05, 0.1) is 18.4 Å². The number of fused-ring (bicyclic) bond motifs is 1. The molecule has 0 bridgehead atoms. The number of anilines is 1. The number of ether oxygens (including phenoxy) is 1. The van der Waals surface area contributed by atoms with Crippen LogP contribution < -0.4 is 5.32 Å². The van der Waals surface area contributed by atoms with Crippen molar-refractivity contribution in [1.82, 2.24) is 14.9 Å². The van der Waals surface area contributed by atoms with Crippen molar-refractivity contribution in [3.8, 4) is 0 Å². The molecule has 134 valence electrons. The van der Waals surface area contributed by atoms with E-state index in [-0.39, 0.29) is 29.9 Å². The summed E-state index contributed by atoms with van der Waals surface area (Å²) in [7, 11) is 0. The SMILES string of the molecule is O=C(Nc1cnccn1)[C@@H]1C[C@H]2CCN(C(=O)C3CC(O)C3)C[C@@H]2O1. The summed E-state index contributed by atoms with van der Waals surface area (Å²) in [5, 5.41) is 12.1. The predicted molar refractivity (Wildman–Crippen MR) is 87.4 cm³/mol. The quantitative estimate of drug-likeness (QED) is 0.810. The lowest BCUT2D eigenvalue weighted by atomic mass is 9.80. The van der Waals surface area contributed by atoms with Gasteiger partial charge in [-0.2, -0.15) is 0 Å². The molecule has 2 aliphatic heterocycles. The maximum atomic E-state index is 12.4. The zero-order chi connectivity index (χ0) is 17.4. The van der Waals surface area contributed by atoms with Gasteiger partial charge >= 0.3 is 0 Å². The zero-order valence-corrected chi connectivity index (χ0v) is 13.9. The molecule has 2 N–H and O–H groups in total. The second-order valence-electron chi connectivity index (χ2n) is 7.13. The Balaban J connectivity index is 1.32. The van der Waals surface area contributed by atoms with Crippen molar-refractivity contribution in [2.24, 2.45) is 11.8 Å². The molecular formula is C17H22N4O4. The summed E-state index contributed by atoms with van der Waals surface area (Å²) < 4.78 is 5.93. The van der Waals surface area contributed by atoms with Crippen LogP contribution in [-0.4, -0.2) is 63.2 Å². The van der Waals surface area contributed by atoms with Crippen LogP contribution in [0.3, 0.4) is 0 Å².